The number of likely N-dealkylation sites (N-methyl/N-ethyl adjacent to an activating group) is 1. The average molecular weight is 693 g/mol. The lowest BCUT2D eigenvalue weighted by molar-refractivity contribution is -0.142. The Morgan fingerprint density at radius 3 is 2.59 bits per heavy atom. The van der Waals surface area contributed by atoms with Crippen LogP contribution in [0.15, 0.2) is 42.5 Å². The van der Waals surface area contributed by atoms with Crippen LogP contribution in [0.5, 0.6) is 11.6 Å². The number of nitrogens with one attached hydrogen (secondary N) is 1. The summed E-state index contributed by atoms with van der Waals surface area (Å²) in [6.45, 7) is 6.86. The summed E-state index contributed by atoms with van der Waals surface area (Å²) in [6.07, 6.45) is 7.28. The summed E-state index contributed by atoms with van der Waals surface area (Å²) in [5.74, 6) is 0.993. The fourth-order valence-electron chi connectivity index (χ4n) is 8.35. The number of carbonyl (C=O) groups is 1. The van der Waals surface area contributed by atoms with Crippen LogP contribution in [-0.4, -0.2) is 59.8 Å². The van der Waals surface area contributed by atoms with Gasteiger partial charge in [-0.25, -0.2) is 9.37 Å². The molecule has 2 N–H and O–H groups in total. The van der Waals surface area contributed by atoms with Gasteiger partial charge in [0.1, 0.15) is 17.9 Å². The van der Waals surface area contributed by atoms with E-state index < -0.39 is 11.2 Å². The van der Waals surface area contributed by atoms with Crippen molar-refractivity contribution in [2.75, 3.05) is 32.1 Å². The topological polar surface area (TPSA) is 108 Å². The van der Waals surface area contributed by atoms with E-state index in [0.717, 1.165) is 41.4 Å². The van der Waals surface area contributed by atoms with E-state index in [1.807, 2.05) is 36.4 Å². The van der Waals surface area contributed by atoms with Crippen LogP contribution >= 0.6 is 0 Å². The lowest BCUT2D eigenvalue weighted by Crippen LogP contribution is -2.40. The normalized spacial score (nSPS) is 21.5. The number of nitriles is 1. The molecular formula is C42H49FN4O4. The highest BCUT2D eigenvalue weighted by Gasteiger charge is 2.47. The number of rotatable bonds is 12. The fourth-order valence-corrected chi connectivity index (χ4v) is 8.35. The second-order valence-corrected chi connectivity index (χ2v) is 15.8. The molecule has 4 aromatic rings. The Hall–Kier alpha value is -4.26. The molecule has 0 amide bonds. The SMILES string of the molecule is CN1CCC[C@H]1COc1nc2c(F)c(-c3cc(OC(=O)C(C)(C)C)cc4ccccc34)c(CCC#N)cc2c(NC2C3CCC2C3)c1CCCO. The zero-order valence-electron chi connectivity index (χ0n) is 30.2. The first-order valence-corrected chi connectivity index (χ1v) is 18.6. The van der Waals surface area contributed by atoms with Gasteiger partial charge in [-0.2, -0.15) is 5.26 Å². The Morgan fingerprint density at radius 1 is 1.12 bits per heavy atom. The molecule has 2 bridgehead atoms. The summed E-state index contributed by atoms with van der Waals surface area (Å²) in [5, 5.41) is 25.8. The number of ether oxygens (including phenoxy) is 2. The molecule has 3 aromatic carbocycles. The molecule has 8 rings (SSSR count). The minimum absolute atomic E-state index is 0.0148. The highest BCUT2D eigenvalue weighted by molar-refractivity contribution is 6.04. The smallest absolute Gasteiger partial charge is 0.316 e. The number of nitrogens with zero attached hydrogens (tertiary/aromatic N) is 3. The van der Waals surface area contributed by atoms with Gasteiger partial charge in [0.2, 0.25) is 5.88 Å². The molecule has 8 nitrogen and oxygen atoms in total. The molecule has 1 aromatic heterocycles. The van der Waals surface area contributed by atoms with Gasteiger partial charge < -0.3 is 24.8 Å². The number of benzene rings is 3. The Kier molecular flexibility index (Phi) is 9.93. The summed E-state index contributed by atoms with van der Waals surface area (Å²) < 4.78 is 30.2. The van der Waals surface area contributed by atoms with Crippen LogP contribution in [-0.2, 0) is 17.6 Å². The number of hydrogen-bond donors (Lipinski definition) is 2. The number of esters is 1. The predicted molar refractivity (Wildman–Crippen MR) is 198 cm³/mol. The molecule has 3 saturated carbocycles. The van der Waals surface area contributed by atoms with Crippen LogP contribution < -0.4 is 14.8 Å². The summed E-state index contributed by atoms with van der Waals surface area (Å²) in [4.78, 5) is 20.3. The van der Waals surface area contributed by atoms with Crippen LogP contribution in [0.2, 0.25) is 0 Å². The van der Waals surface area contributed by atoms with Gasteiger partial charge in [-0.1, -0.05) is 24.3 Å². The van der Waals surface area contributed by atoms with Crippen molar-refractivity contribution in [2.24, 2.45) is 17.3 Å². The van der Waals surface area contributed by atoms with E-state index in [4.69, 9.17) is 14.5 Å². The molecule has 0 radical (unpaired) electrons. The van der Waals surface area contributed by atoms with E-state index in [1.165, 1.54) is 19.3 Å². The fraction of sp³-hybridized carbons (Fsp3) is 0.500. The largest absolute Gasteiger partial charge is 0.476 e. The Bertz CT molecular complexity index is 1990. The molecule has 0 spiro atoms. The maximum absolute atomic E-state index is 17.7. The van der Waals surface area contributed by atoms with Crippen molar-refractivity contribution < 1.29 is 23.8 Å². The molecule has 1 aliphatic heterocycles. The lowest BCUT2D eigenvalue weighted by atomic mass is 9.78. The van der Waals surface area contributed by atoms with Gasteiger partial charge in [0.15, 0.2) is 5.82 Å². The van der Waals surface area contributed by atoms with E-state index in [2.05, 4.69) is 23.3 Å². The van der Waals surface area contributed by atoms with E-state index in [1.54, 1.807) is 26.8 Å². The number of fused-ring (bicyclic) bond motifs is 3. The Balaban J connectivity index is 1.45. The molecule has 2 heterocycles. The van der Waals surface area contributed by atoms with Gasteiger partial charge >= 0.3 is 5.97 Å². The zero-order chi connectivity index (χ0) is 35.9. The number of anilines is 1. The molecule has 4 fully saturated rings. The highest BCUT2D eigenvalue weighted by Crippen LogP contribution is 2.51. The summed E-state index contributed by atoms with van der Waals surface area (Å²) in [6, 6.07) is 16.0. The second kappa shape index (κ2) is 14.4. The first-order valence-electron chi connectivity index (χ1n) is 18.6. The highest BCUT2D eigenvalue weighted by atomic mass is 19.1. The van der Waals surface area contributed by atoms with Crippen LogP contribution in [0.4, 0.5) is 10.1 Å². The molecule has 9 heteroatoms. The van der Waals surface area contributed by atoms with Crippen molar-refractivity contribution in [3.63, 3.8) is 0 Å². The van der Waals surface area contributed by atoms with E-state index in [9.17, 15) is 15.2 Å². The van der Waals surface area contributed by atoms with E-state index in [0.29, 0.717) is 77.5 Å². The first kappa shape index (κ1) is 35.2. The van der Waals surface area contributed by atoms with Gasteiger partial charge in [0.05, 0.1) is 17.2 Å². The summed E-state index contributed by atoms with van der Waals surface area (Å²) in [5.41, 5.74) is 2.75. The average Bonchev–Trinajstić information content (AvgIpc) is 3.86. The van der Waals surface area contributed by atoms with Crippen LogP contribution in [0, 0.1) is 34.4 Å². The third kappa shape index (κ3) is 6.88. The van der Waals surface area contributed by atoms with Gasteiger partial charge in [0, 0.05) is 41.6 Å². The van der Waals surface area contributed by atoms with Gasteiger partial charge in [-0.3, -0.25) is 4.79 Å². The molecule has 2 unspecified atom stereocenters. The number of aromatic nitrogens is 1. The van der Waals surface area contributed by atoms with Gasteiger partial charge in [-0.05, 0) is 138 Å². The van der Waals surface area contributed by atoms with Gasteiger partial charge in [0.25, 0.3) is 0 Å². The number of carbonyl (C=O) groups excluding carboxylic acids is 1. The van der Waals surface area contributed by atoms with Crippen molar-refractivity contribution in [3.8, 4) is 28.8 Å². The van der Waals surface area contributed by atoms with Crippen molar-refractivity contribution >= 4 is 33.3 Å². The molecule has 51 heavy (non-hydrogen) atoms. The van der Waals surface area contributed by atoms with E-state index >= 15 is 4.39 Å². The number of aliphatic hydroxyl groups is 1. The molecule has 4 aliphatic rings. The molecular weight excluding hydrogens is 643 g/mol. The number of pyridine rings is 1. The minimum atomic E-state index is -0.733. The minimum Gasteiger partial charge on any atom is -0.476 e. The van der Waals surface area contributed by atoms with Crippen molar-refractivity contribution in [2.45, 2.75) is 90.6 Å². The Morgan fingerprint density at radius 2 is 1.90 bits per heavy atom. The molecule has 3 aliphatic carbocycles. The van der Waals surface area contributed by atoms with Gasteiger partial charge in [-0.15, -0.1) is 0 Å². The molecule has 3 atom stereocenters. The number of aliphatic hydroxyl groups excluding tert-OH is 1. The maximum atomic E-state index is 17.7. The third-order valence-corrected chi connectivity index (χ3v) is 11.3. The summed E-state index contributed by atoms with van der Waals surface area (Å²) >= 11 is 0. The van der Waals surface area contributed by atoms with Crippen LogP contribution in [0.1, 0.15) is 76.8 Å². The maximum Gasteiger partial charge on any atom is 0.316 e. The Labute approximate surface area is 299 Å². The predicted octanol–water partition coefficient (Wildman–Crippen LogP) is 8.21. The van der Waals surface area contributed by atoms with Crippen molar-refractivity contribution in [3.05, 3.63) is 59.4 Å². The molecule has 268 valence electrons. The van der Waals surface area contributed by atoms with E-state index in [-0.39, 0.29) is 30.6 Å². The third-order valence-electron chi connectivity index (χ3n) is 11.3. The summed E-state index contributed by atoms with van der Waals surface area (Å²) in [7, 11) is 2.10. The quantitative estimate of drug-likeness (QED) is 0.113. The number of hydrogen-bond acceptors (Lipinski definition) is 8. The number of likely N-dealkylation sites (tertiary alicyclic amines) is 1. The monoisotopic (exact) mass is 692 g/mol. The van der Waals surface area contributed by atoms with Crippen LogP contribution in [0.3, 0.4) is 0 Å². The molecule has 1 saturated heterocycles. The van der Waals surface area contributed by atoms with Crippen LogP contribution in [0.25, 0.3) is 32.8 Å². The van der Waals surface area contributed by atoms with Crippen molar-refractivity contribution in [1.82, 2.24) is 9.88 Å². The standard InChI is InChI=1S/C42H49FN4O4/c1-42(2,3)41(49)51-30-21-25-10-5-6-13-31(25)33(23-30)35-26(11-7-17-44)22-34-38(45-37-27-15-16-28(37)20-27)32(14-9-19-48)40(46-39(34)36(35)43)50-24-29-12-8-18-47(29)4/h5-6,10,13,21-23,27-29,37,48H,7-9,11-12,14-16,18-20,24H2,1-4H3,(H,45,46)/t27?,28?,29-,37?/m0/s1. The zero-order valence-corrected chi connectivity index (χ0v) is 30.2. The lowest BCUT2D eigenvalue weighted by Gasteiger charge is -2.38. The second-order valence-electron chi connectivity index (χ2n) is 15.8. The number of halogens is 1. The van der Waals surface area contributed by atoms with Crippen molar-refractivity contribution in [1.29, 1.82) is 5.26 Å². The number of aryl methyl sites for hydroxylation is 1. The first-order chi connectivity index (χ1) is 24.6.